The maximum absolute atomic E-state index is 6.06. The molecule has 0 atom stereocenters. The van der Waals surface area contributed by atoms with Crippen molar-refractivity contribution < 1.29 is 4.74 Å². The van der Waals surface area contributed by atoms with Crippen molar-refractivity contribution in [2.75, 3.05) is 12.4 Å². The number of hydrogen-bond donors (Lipinski definition) is 2. The van der Waals surface area contributed by atoms with Gasteiger partial charge in [0.1, 0.15) is 5.75 Å². The number of hydrogen-bond acceptors (Lipinski definition) is 2. The predicted molar refractivity (Wildman–Crippen MR) is 99.8 cm³/mol. The molecule has 0 spiro atoms. The van der Waals surface area contributed by atoms with Gasteiger partial charge >= 0.3 is 0 Å². The molecule has 1 aliphatic rings. The van der Waals surface area contributed by atoms with Gasteiger partial charge in [-0.05, 0) is 60.6 Å². The lowest BCUT2D eigenvalue weighted by Gasteiger charge is -2.33. The number of anilines is 1. The van der Waals surface area contributed by atoms with Gasteiger partial charge in [0.25, 0.3) is 0 Å². The Morgan fingerprint density at radius 3 is 2.75 bits per heavy atom. The smallest absolute Gasteiger partial charge is 0.193 e. The summed E-state index contributed by atoms with van der Waals surface area (Å²) >= 11 is 0. The van der Waals surface area contributed by atoms with E-state index in [1.165, 1.54) is 11.1 Å². The minimum atomic E-state index is 0.294. The lowest BCUT2D eigenvalue weighted by molar-refractivity contribution is 0.351. The second kappa shape index (κ2) is 7.39. The highest BCUT2D eigenvalue weighted by molar-refractivity contribution is 5.92. The van der Waals surface area contributed by atoms with Crippen LogP contribution in [0.5, 0.6) is 5.75 Å². The molecule has 1 aliphatic carbocycles. The molecule has 3 N–H and O–H groups in total. The third-order valence-corrected chi connectivity index (χ3v) is 4.61. The van der Waals surface area contributed by atoms with Gasteiger partial charge in [0.15, 0.2) is 5.96 Å². The molecular formula is C20H25N3O. The van der Waals surface area contributed by atoms with E-state index in [9.17, 15) is 0 Å². The zero-order valence-electron chi connectivity index (χ0n) is 14.3. The van der Waals surface area contributed by atoms with Gasteiger partial charge in [-0.1, -0.05) is 31.2 Å². The lowest BCUT2D eigenvalue weighted by atomic mass is 9.76. The molecule has 0 amide bonds. The molecule has 1 fully saturated rings. The van der Waals surface area contributed by atoms with Gasteiger partial charge in [0, 0.05) is 5.69 Å². The first kappa shape index (κ1) is 16.4. The molecule has 0 radical (unpaired) electrons. The van der Waals surface area contributed by atoms with Crippen LogP contribution < -0.4 is 15.8 Å². The van der Waals surface area contributed by atoms with Crippen LogP contribution in [0.3, 0.4) is 0 Å². The summed E-state index contributed by atoms with van der Waals surface area (Å²) in [6.45, 7) is 2.14. The van der Waals surface area contributed by atoms with Gasteiger partial charge in [0.2, 0.25) is 0 Å². The number of rotatable bonds is 5. The maximum atomic E-state index is 6.06. The number of aliphatic imine (C=N–C) groups is 1. The molecule has 0 aromatic heterocycles. The molecule has 0 aliphatic heterocycles. The van der Waals surface area contributed by atoms with Crippen molar-refractivity contribution in [3.8, 4) is 5.75 Å². The summed E-state index contributed by atoms with van der Waals surface area (Å²) < 4.78 is 5.29. The second-order valence-corrected chi connectivity index (χ2v) is 6.29. The van der Waals surface area contributed by atoms with E-state index in [4.69, 9.17) is 10.5 Å². The molecule has 3 rings (SSSR count). The van der Waals surface area contributed by atoms with Crippen molar-refractivity contribution >= 4 is 11.6 Å². The van der Waals surface area contributed by atoms with Gasteiger partial charge in [-0.25, -0.2) is 4.99 Å². The van der Waals surface area contributed by atoms with Crippen LogP contribution in [0.2, 0.25) is 0 Å². The van der Waals surface area contributed by atoms with E-state index in [2.05, 4.69) is 41.5 Å². The summed E-state index contributed by atoms with van der Waals surface area (Å²) in [5, 5.41) is 3.20. The van der Waals surface area contributed by atoms with Gasteiger partial charge in [-0.15, -0.1) is 0 Å². The number of benzene rings is 2. The molecule has 1 saturated carbocycles. The van der Waals surface area contributed by atoms with E-state index in [-0.39, 0.29) is 0 Å². The summed E-state index contributed by atoms with van der Waals surface area (Å²) in [6.07, 6.45) is 3.08. The molecule has 0 unspecified atom stereocenters. The van der Waals surface area contributed by atoms with Crippen LogP contribution >= 0.6 is 0 Å². The zero-order valence-corrected chi connectivity index (χ0v) is 14.3. The van der Waals surface area contributed by atoms with Crippen LogP contribution in [0.15, 0.2) is 53.5 Å². The SMILES string of the molecule is CCc1cccc(NC(N)=NC2CC(c3cccc(OC)c3)C2)c1. The van der Waals surface area contributed by atoms with E-state index in [0.29, 0.717) is 17.9 Å². The highest BCUT2D eigenvalue weighted by atomic mass is 16.5. The number of ether oxygens (including phenoxy) is 1. The van der Waals surface area contributed by atoms with Gasteiger partial charge < -0.3 is 15.8 Å². The summed E-state index contributed by atoms with van der Waals surface area (Å²) in [6, 6.07) is 16.9. The monoisotopic (exact) mass is 323 g/mol. The van der Waals surface area contributed by atoms with E-state index in [0.717, 1.165) is 30.7 Å². The summed E-state index contributed by atoms with van der Waals surface area (Å²) in [7, 11) is 1.70. The van der Waals surface area contributed by atoms with Crippen molar-refractivity contribution in [3.63, 3.8) is 0 Å². The number of aryl methyl sites for hydroxylation is 1. The molecule has 24 heavy (non-hydrogen) atoms. The van der Waals surface area contributed by atoms with Crippen molar-refractivity contribution in [1.29, 1.82) is 0 Å². The Bertz CT molecular complexity index is 720. The second-order valence-electron chi connectivity index (χ2n) is 6.29. The molecular weight excluding hydrogens is 298 g/mol. The van der Waals surface area contributed by atoms with Gasteiger partial charge in [0.05, 0.1) is 13.2 Å². The highest BCUT2D eigenvalue weighted by Crippen LogP contribution is 2.39. The number of nitrogens with one attached hydrogen (secondary N) is 1. The lowest BCUT2D eigenvalue weighted by Crippen LogP contribution is -2.31. The summed E-state index contributed by atoms with van der Waals surface area (Å²) in [5.41, 5.74) is 9.66. The Kier molecular flexibility index (Phi) is 5.04. The summed E-state index contributed by atoms with van der Waals surface area (Å²) in [4.78, 5) is 4.60. The largest absolute Gasteiger partial charge is 0.497 e. The molecule has 2 aromatic rings. The number of nitrogens with zero attached hydrogens (tertiary/aromatic N) is 1. The quantitative estimate of drug-likeness (QED) is 0.647. The Labute approximate surface area is 143 Å². The molecule has 126 valence electrons. The minimum Gasteiger partial charge on any atom is -0.497 e. The first-order valence-corrected chi connectivity index (χ1v) is 8.51. The molecule has 4 heteroatoms. The van der Waals surface area contributed by atoms with E-state index in [1.807, 2.05) is 24.3 Å². The van der Waals surface area contributed by atoms with Crippen molar-refractivity contribution in [2.45, 2.75) is 38.1 Å². The topological polar surface area (TPSA) is 59.6 Å². The molecule has 4 nitrogen and oxygen atoms in total. The molecule has 2 aromatic carbocycles. The fourth-order valence-electron chi connectivity index (χ4n) is 3.11. The molecule has 0 saturated heterocycles. The minimum absolute atomic E-state index is 0.294. The fraction of sp³-hybridized carbons (Fsp3) is 0.350. The average molecular weight is 323 g/mol. The predicted octanol–water partition coefficient (Wildman–Crippen LogP) is 3.93. The Morgan fingerprint density at radius 2 is 2.00 bits per heavy atom. The van der Waals surface area contributed by atoms with Crippen molar-refractivity contribution in [3.05, 3.63) is 59.7 Å². The van der Waals surface area contributed by atoms with Crippen LogP contribution in [-0.4, -0.2) is 19.1 Å². The van der Waals surface area contributed by atoms with Crippen LogP contribution in [0.1, 0.15) is 36.8 Å². The summed E-state index contributed by atoms with van der Waals surface area (Å²) in [5.74, 6) is 1.96. The molecule has 0 bridgehead atoms. The van der Waals surface area contributed by atoms with Gasteiger partial charge in [-0.3, -0.25) is 0 Å². The maximum Gasteiger partial charge on any atom is 0.193 e. The van der Waals surface area contributed by atoms with Crippen molar-refractivity contribution in [1.82, 2.24) is 0 Å². The first-order valence-electron chi connectivity index (χ1n) is 8.51. The Morgan fingerprint density at radius 1 is 1.21 bits per heavy atom. The van der Waals surface area contributed by atoms with Crippen LogP contribution in [-0.2, 0) is 6.42 Å². The van der Waals surface area contributed by atoms with Crippen molar-refractivity contribution in [2.24, 2.45) is 10.7 Å². The normalized spacial score (nSPS) is 20.3. The zero-order chi connectivity index (χ0) is 16.9. The molecule has 0 heterocycles. The number of methoxy groups -OCH3 is 1. The van der Waals surface area contributed by atoms with Crippen LogP contribution in [0.25, 0.3) is 0 Å². The Hall–Kier alpha value is -2.49. The standard InChI is InChI=1S/C20H25N3O/c1-3-14-6-4-8-17(10-14)22-20(21)23-18-11-16(12-18)15-7-5-9-19(13-15)24-2/h4-10,13,16,18H,3,11-12H2,1-2H3,(H3,21,22,23). The first-order chi connectivity index (χ1) is 11.7. The third kappa shape index (κ3) is 3.88. The highest BCUT2D eigenvalue weighted by Gasteiger charge is 2.30. The van der Waals surface area contributed by atoms with Crippen LogP contribution in [0.4, 0.5) is 5.69 Å². The van der Waals surface area contributed by atoms with Gasteiger partial charge in [-0.2, -0.15) is 0 Å². The number of nitrogens with two attached hydrogens (primary N) is 1. The number of guanidine groups is 1. The fourth-order valence-corrected chi connectivity index (χ4v) is 3.11. The van der Waals surface area contributed by atoms with E-state index < -0.39 is 0 Å². The third-order valence-electron chi connectivity index (χ3n) is 4.61. The van der Waals surface area contributed by atoms with Crippen LogP contribution in [0, 0.1) is 0 Å². The van der Waals surface area contributed by atoms with E-state index in [1.54, 1.807) is 7.11 Å². The van der Waals surface area contributed by atoms with E-state index >= 15 is 0 Å². The Balaban J connectivity index is 1.56. The average Bonchev–Trinajstić information content (AvgIpc) is 2.58.